The van der Waals surface area contributed by atoms with Gasteiger partial charge in [0.25, 0.3) is 5.91 Å². The zero-order valence-electron chi connectivity index (χ0n) is 17.7. The Morgan fingerprint density at radius 1 is 1.07 bits per heavy atom. The van der Waals surface area contributed by atoms with Gasteiger partial charge in [0, 0.05) is 37.8 Å². The Labute approximate surface area is 168 Å². The lowest BCUT2D eigenvalue weighted by atomic mass is 9.98. The van der Waals surface area contributed by atoms with E-state index in [1.807, 2.05) is 0 Å². The predicted octanol–water partition coefficient (Wildman–Crippen LogP) is 1.85. The summed E-state index contributed by atoms with van der Waals surface area (Å²) in [7, 11) is 3.37. The molecular formula is C21H35N5O2. The van der Waals surface area contributed by atoms with E-state index in [1.54, 1.807) is 38.4 Å². The van der Waals surface area contributed by atoms with Crippen molar-refractivity contribution in [1.29, 1.82) is 0 Å². The lowest BCUT2D eigenvalue weighted by molar-refractivity contribution is 0.0954. The SMILES string of the molecule is CN=C(NCCNC(=O)c1ccc(OC)cc1)NCC(C)(C)N1CCCCC1. The molecule has 1 aromatic carbocycles. The van der Waals surface area contributed by atoms with Gasteiger partial charge in [-0.25, -0.2) is 0 Å². The van der Waals surface area contributed by atoms with E-state index in [0.717, 1.165) is 31.3 Å². The molecule has 1 fully saturated rings. The highest BCUT2D eigenvalue weighted by atomic mass is 16.5. The summed E-state index contributed by atoms with van der Waals surface area (Å²) in [6, 6.07) is 7.07. The Kier molecular flexibility index (Phi) is 8.57. The largest absolute Gasteiger partial charge is 0.497 e. The number of nitrogens with zero attached hydrogens (tertiary/aromatic N) is 2. The van der Waals surface area contributed by atoms with Crippen LogP contribution in [0.4, 0.5) is 0 Å². The molecule has 0 unspecified atom stereocenters. The number of methoxy groups -OCH3 is 1. The maximum Gasteiger partial charge on any atom is 0.251 e. The molecule has 7 nitrogen and oxygen atoms in total. The van der Waals surface area contributed by atoms with Crippen molar-refractivity contribution in [3.05, 3.63) is 29.8 Å². The molecule has 0 aliphatic carbocycles. The molecule has 1 aliphatic heterocycles. The molecule has 3 N–H and O–H groups in total. The van der Waals surface area contributed by atoms with E-state index in [0.29, 0.717) is 18.7 Å². The molecule has 0 aromatic heterocycles. The summed E-state index contributed by atoms with van der Waals surface area (Å²) in [6.07, 6.45) is 3.90. The van der Waals surface area contributed by atoms with E-state index in [-0.39, 0.29) is 11.4 Å². The van der Waals surface area contributed by atoms with Gasteiger partial charge in [0.2, 0.25) is 0 Å². The van der Waals surface area contributed by atoms with E-state index >= 15 is 0 Å². The Balaban J connectivity index is 1.69. The van der Waals surface area contributed by atoms with Gasteiger partial charge in [-0.1, -0.05) is 6.42 Å². The zero-order valence-corrected chi connectivity index (χ0v) is 17.7. The van der Waals surface area contributed by atoms with Gasteiger partial charge in [0.15, 0.2) is 5.96 Å². The number of amides is 1. The summed E-state index contributed by atoms with van der Waals surface area (Å²) in [5, 5.41) is 9.57. The number of likely N-dealkylation sites (tertiary alicyclic amines) is 1. The minimum absolute atomic E-state index is 0.0840. The van der Waals surface area contributed by atoms with Crippen molar-refractivity contribution >= 4 is 11.9 Å². The number of hydrogen-bond acceptors (Lipinski definition) is 4. The number of piperidine rings is 1. The minimum atomic E-state index is -0.0985. The molecule has 156 valence electrons. The average molecular weight is 390 g/mol. The zero-order chi connectivity index (χ0) is 20.4. The topological polar surface area (TPSA) is 78.0 Å². The molecule has 0 bridgehead atoms. The minimum Gasteiger partial charge on any atom is -0.497 e. The Morgan fingerprint density at radius 3 is 2.32 bits per heavy atom. The summed E-state index contributed by atoms with van der Waals surface area (Å²) in [5.41, 5.74) is 0.701. The number of nitrogens with one attached hydrogen (secondary N) is 3. The summed E-state index contributed by atoms with van der Waals surface area (Å²) in [4.78, 5) is 19.0. The van der Waals surface area contributed by atoms with Crippen molar-refractivity contribution < 1.29 is 9.53 Å². The van der Waals surface area contributed by atoms with Crippen LogP contribution < -0.4 is 20.7 Å². The number of guanidine groups is 1. The van der Waals surface area contributed by atoms with Gasteiger partial charge >= 0.3 is 0 Å². The third-order valence-electron chi connectivity index (χ3n) is 5.18. The highest BCUT2D eigenvalue weighted by Crippen LogP contribution is 2.19. The highest BCUT2D eigenvalue weighted by molar-refractivity contribution is 5.94. The van der Waals surface area contributed by atoms with Gasteiger partial charge in [-0.05, 0) is 64.0 Å². The van der Waals surface area contributed by atoms with Crippen LogP contribution >= 0.6 is 0 Å². The second-order valence-electron chi connectivity index (χ2n) is 7.70. The van der Waals surface area contributed by atoms with E-state index < -0.39 is 0 Å². The van der Waals surface area contributed by atoms with E-state index in [4.69, 9.17) is 4.74 Å². The summed E-state index contributed by atoms with van der Waals surface area (Å²) >= 11 is 0. The first kappa shape index (κ1) is 22.0. The third-order valence-corrected chi connectivity index (χ3v) is 5.18. The van der Waals surface area contributed by atoms with Crippen molar-refractivity contribution in [2.24, 2.45) is 4.99 Å². The monoisotopic (exact) mass is 389 g/mol. The average Bonchev–Trinajstić information content (AvgIpc) is 2.73. The van der Waals surface area contributed by atoms with Crippen molar-refractivity contribution in [2.45, 2.75) is 38.6 Å². The van der Waals surface area contributed by atoms with Gasteiger partial charge in [-0.3, -0.25) is 14.7 Å². The molecule has 1 aliphatic rings. The fourth-order valence-corrected chi connectivity index (χ4v) is 3.33. The third kappa shape index (κ3) is 6.71. The standard InChI is InChI=1S/C21H35N5O2/c1-21(2,26-14-6-5-7-15-26)16-25-20(22-3)24-13-12-23-19(27)17-8-10-18(28-4)11-9-17/h8-11H,5-7,12-16H2,1-4H3,(H,23,27)(H2,22,24,25). The number of hydrogen-bond donors (Lipinski definition) is 3. The van der Waals surface area contributed by atoms with Crippen LogP contribution in [0.1, 0.15) is 43.5 Å². The first-order valence-electron chi connectivity index (χ1n) is 10.1. The molecule has 7 heteroatoms. The molecule has 1 heterocycles. The number of carbonyl (C=O) groups excluding carboxylic acids is 1. The molecule has 0 saturated carbocycles. The lowest BCUT2D eigenvalue weighted by Crippen LogP contribution is -2.55. The molecule has 28 heavy (non-hydrogen) atoms. The Hall–Kier alpha value is -2.28. The van der Waals surface area contributed by atoms with Crippen molar-refractivity contribution in [3.8, 4) is 5.75 Å². The maximum atomic E-state index is 12.2. The molecule has 2 rings (SSSR count). The predicted molar refractivity (Wildman–Crippen MR) is 114 cm³/mol. The fraction of sp³-hybridized carbons (Fsp3) is 0.619. The van der Waals surface area contributed by atoms with Gasteiger partial charge in [-0.2, -0.15) is 0 Å². The number of ether oxygens (including phenoxy) is 1. The Morgan fingerprint density at radius 2 is 1.71 bits per heavy atom. The summed E-state index contributed by atoms with van der Waals surface area (Å²) < 4.78 is 5.11. The van der Waals surface area contributed by atoms with Crippen molar-refractivity contribution in [1.82, 2.24) is 20.9 Å². The lowest BCUT2D eigenvalue weighted by Gasteiger charge is -2.41. The van der Waals surface area contributed by atoms with Crippen molar-refractivity contribution in [2.75, 3.05) is 46.9 Å². The second-order valence-corrected chi connectivity index (χ2v) is 7.70. The van der Waals surface area contributed by atoms with Crippen LogP contribution in [0.3, 0.4) is 0 Å². The van der Waals surface area contributed by atoms with Crippen LogP contribution in [0.2, 0.25) is 0 Å². The molecule has 1 saturated heterocycles. The number of aliphatic imine (C=N–C) groups is 1. The molecule has 1 amide bonds. The number of carbonyl (C=O) groups is 1. The van der Waals surface area contributed by atoms with Crippen LogP contribution in [0.5, 0.6) is 5.75 Å². The smallest absolute Gasteiger partial charge is 0.251 e. The summed E-state index contributed by atoms with van der Waals surface area (Å²) in [5.74, 6) is 1.39. The van der Waals surface area contributed by atoms with Gasteiger partial charge in [-0.15, -0.1) is 0 Å². The van der Waals surface area contributed by atoms with Crippen LogP contribution in [-0.2, 0) is 0 Å². The summed E-state index contributed by atoms with van der Waals surface area (Å²) in [6.45, 7) is 8.81. The highest BCUT2D eigenvalue weighted by Gasteiger charge is 2.27. The van der Waals surface area contributed by atoms with Gasteiger partial charge in [0.1, 0.15) is 5.75 Å². The molecule has 0 spiro atoms. The first-order valence-corrected chi connectivity index (χ1v) is 10.1. The van der Waals surface area contributed by atoms with Crippen LogP contribution in [0.15, 0.2) is 29.3 Å². The van der Waals surface area contributed by atoms with Gasteiger partial charge in [0.05, 0.1) is 7.11 Å². The number of benzene rings is 1. The normalized spacial score (nSPS) is 15.8. The van der Waals surface area contributed by atoms with E-state index in [9.17, 15) is 4.79 Å². The molecule has 1 aromatic rings. The number of rotatable bonds is 8. The van der Waals surface area contributed by atoms with Crippen molar-refractivity contribution in [3.63, 3.8) is 0 Å². The van der Waals surface area contributed by atoms with Crippen LogP contribution in [0.25, 0.3) is 0 Å². The quantitative estimate of drug-likeness (QED) is 0.359. The fourth-order valence-electron chi connectivity index (χ4n) is 3.33. The second kappa shape index (κ2) is 10.9. The Bertz CT molecular complexity index is 637. The molecule has 0 radical (unpaired) electrons. The maximum absolute atomic E-state index is 12.2. The van der Waals surface area contributed by atoms with Crippen LogP contribution in [-0.4, -0.2) is 69.2 Å². The molecular weight excluding hydrogens is 354 g/mol. The molecule has 0 atom stereocenters. The van der Waals surface area contributed by atoms with E-state index in [2.05, 4.69) is 39.7 Å². The van der Waals surface area contributed by atoms with Crippen LogP contribution in [0, 0.1) is 0 Å². The first-order chi connectivity index (χ1) is 13.5. The van der Waals surface area contributed by atoms with Gasteiger partial charge < -0.3 is 20.7 Å². The van der Waals surface area contributed by atoms with E-state index in [1.165, 1.54) is 19.3 Å².